The number of carbonyl (C=O) groups excluding carboxylic acids is 1. The summed E-state index contributed by atoms with van der Waals surface area (Å²) in [4.78, 5) is 19.2. The quantitative estimate of drug-likeness (QED) is 0.853. The lowest BCUT2D eigenvalue weighted by Gasteiger charge is -2.39. The highest BCUT2D eigenvalue weighted by atomic mass is 35.5. The van der Waals surface area contributed by atoms with Gasteiger partial charge in [-0.1, -0.05) is 0 Å². The summed E-state index contributed by atoms with van der Waals surface area (Å²) in [5, 5.41) is 6.74. The van der Waals surface area contributed by atoms with E-state index < -0.39 is 0 Å². The number of pyridine rings is 1. The number of anilines is 1. The van der Waals surface area contributed by atoms with Crippen LogP contribution in [-0.2, 0) is 0 Å². The first kappa shape index (κ1) is 21.0. The van der Waals surface area contributed by atoms with Gasteiger partial charge in [-0.05, 0) is 57.2 Å². The van der Waals surface area contributed by atoms with E-state index in [0.29, 0.717) is 16.8 Å². The van der Waals surface area contributed by atoms with E-state index >= 15 is 0 Å². The Morgan fingerprint density at radius 1 is 1.29 bits per heavy atom. The predicted molar refractivity (Wildman–Crippen MR) is 103 cm³/mol. The fraction of sp³-hybridized carbons (Fsp3) is 0.647. The molecule has 0 radical (unpaired) electrons. The minimum Gasteiger partial charge on any atom is -0.367 e. The largest absolute Gasteiger partial charge is 0.367 e. The Bertz CT molecular complexity index is 537. The van der Waals surface area contributed by atoms with E-state index in [1.165, 1.54) is 6.42 Å². The number of hydrogen-bond donors (Lipinski definition) is 2. The van der Waals surface area contributed by atoms with Gasteiger partial charge in [-0.15, -0.1) is 24.8 Å². The van der Waals surface area contributed by atoms with Gasteiger partial charge in [0.2, 0.25) is 0 Å². The van der Waals surface area contributed by atoms with Crippen LogP contribution in [0.5, 0.6) is 0 Å². The van der Waals surface area contributed by atoms with Crippen molar-refractivity contribution in [2.24, 2.45) is 5.41 Å². The molecular weight excluding hydrogens is 347 g/mol. The number of amides is 1. The molecule has 0 bridgehead atoms. The molecule has 3 rings (SSSR count). The second-order valence-corrected chi connectivity index (χ2v) is 6.92. The topological polar surface area (TPSA) is 57.3 Å². The summed E-state index contributed by atoms with van der Waals surface area (Å²) in [7, 11) is 0. The molecule has 1 aromatic heterocycles. The summed E-state index contributed by atoms with van der Waals surface area (Å²) in [6.45, 7) is 8.06. The van der Waals surface area contributed by atoms with Gasteiger partial charge in [-0.2, -0.15) is 0 Å². The van der Waals surface area contributed by atoms with Crippen LogP contribution in [-0.4, -0.2) is 48.0 Å². The molecule has 1 amide bonds. The maximum atomic E-state index is 12.8. The zero-order valence-corrected chi connectivity index (χ0v) is 16.0. The van der Waals surface area contributed by atoms with Gasteiger partial charge >= 0.3 is 0 Å². The van der Waals surface area contributed by atoms with E-state index in [4.69, 9.17) is 0 Å². The van der Waals surface area contributed by atoms with Gasteiger partial charge in [0.1, 0.15) is 5.82 Å². The third-order valence-corrected chi connectivity index (χ3v) is 4.91. The van der Waals surface area contributed by atoms with E-state index in [9.17, 15) is 4.79 Å². The molecule has 0 saturated carbocycles. The van der Waals surface area contributed by atoms with Gasteiger partial charge in [0, 0.05) is 31.9 Å². The highest BCUT2D eigenvalue weighted by molar-refractivity contribution is 5.98. The number of rotatable bonds is 3. The SMILES string of the molecule is CC(C)Nc1ncccc1C(=O)N1CCC2(CCNC2)CC1.Cl.Cl. The first-order chi connectivity index (χ1) is 10.6. The maximum absolute atomic E-state index is 12.8. The van der Waals surface area contributed by atoms with Crippen LogP contribution in [0.2, 0.25) is 0 Å². The molecule has 1 aromatic rings. The predicted octanol–water partition coefficient (Wildman–Crippen LogP) is 2.96. The van der Waals surface area contributed by atoms with Crippen molar-refractivity contribution in [3.8, 4) is 0 Å². The molecule has 3 heterocycles. The fourth-order valence-corrected chi connectivity index (χ4v) is 3.54. The zero-order valence-electron chi connectivity index (χ0n) is 14.4. The van der Waals surface area contributed by atoms with Gasteiger partial charge in [0.15, 0.2) is 0 Å². The minimum absolute atomic E-state index is 0. The second-order valence-electron chi connectivity index (χ2n) is 6.92. The molecule has 2 saturated heterocycles. The maximum Gasteiger partial charge on any atom is 0.257 e. The van der Waals surface area contributed by atoms with Gasteiger partial charge < -0.3 is 15.5 Å². The Kier molecular flexibility index (Phi) is 7.77. The summed E-state index contributed by atoms with van der Waals surface area (Å²) in [5.74, 6) is 0.808. The molecular formula is C17H28Cl2N4O. The van der Waals surface area contributed by atoms with E-state index in [-0.39, 0.29) is 36.8 Å². The standard InChI is InChI=1S/C17H26N4O.2ClH/c1-13(2)20-15-14(4-3-8-19-15)16(22)21-10-6-17(7-11-21)5-9-18-12-17;;/h3-4,8,13,18H,5-7,9-12H2,1-2H3,(H,19,20);2*1H. The first-order valence-electron chi connectivity index (χ1n) is 8.31. The molecule has 5 nitrogen and oxygen atoms in total. The number of nitrogens with one attached hydrogen (secondary N) is 2. The van der Waals surface area contributed by atoms with Crippen LogP contribution >= 0.6 is 24.8 Å². The normalized spacial score (nSPS) is 18.9. The number of hydrogen-bond acceptors (Lipinski definition) is 4. The molecule has 0 aromatic carbocycles. The van der Waals surface area contributed by atoms with Crippen molar-refractivity contribution < 1.29 is 4.79 Å². The lowest BCUT2D eigenvalue weighted by atomic mass is 9.78. The van der Waals surface area contributed by atoms with E-state index in [2.05, 4.69) is 29.5 Å². The highest BCUT2D eigenvalue weighted by Gasteiger charge is 2.38. The van der Waals surface area contributed by atoms with Crippen molar-refractivity contribution >= 4 is 36.5 Å². The number of nitrogens with zero attached hydrogens (tertiary/aromatic N) is 2. The summed E-state index contributed by atoms with van der Waals surface area (Å²) < 4.78 is 0. The average molecular weight is 375 g/mol. The van der Waals surface area contributed by atoms with Crippen molar-refractivity contribution in [2.75, 3.05) is 31.5 Å². The number of halogens is 2. The van der Waals surface area contributed by atoms with Crippen molar-refractivity contribution in [2.45, 2.75) is 39.2 Å². The molecule has 0 unspecified atom stereocenters. The molecule has 2 aliphatic rings. The number of aromatic nitrogens is 1. The number of piperidine rings is 1. The molecule has 2 aliphatic heterocycles. The smallest absolute Gasteiger partial charge is 0.257 e. The number of carbonyl (C=O) groups is 1. The van der Waals surface area contributed by atoms with E-state index in [0.717, 1.165) is 39.0 Å². The van der Waals surface area contributed by atoms with Crippen LogP contribution in [0.15, 0.2) is 18.3 Å². The monoisotopic (exact) mass is 374 g/mol. The van der Waals surface area contributed by atoms with Crippen molar-refractivity contribution in [3.05, 3.63) is 23.9 Å². The average Bonchev–Trinajstić information content (AvgIpc) is 2.96. The highest BCUT2D eigenvalue weighted by Crippen LogP contribution is 2.37. The lowest BCUT2D eigenvalue weighted by molar-refractivity contribution is 0.0608. The van der Waals surface area contributed by atoms with E-state index in [1.54, 1.807) is 6.20 Å². The van der Waals surface area contributed by atoms with Gasteiger partial charge in [0.05, 0.1) is 5.56 Å². The molecule has 0 atom stereocenters. The van der Waals surface area contributed by atoms with Crippen LogP contribution < -0.4 is 10.6 Å². The zero-order chi connectivity index (χ0) is 15.6. The van der Waals surface area contributed by atoms with Crippen LogP contribution in [0, 0.1) is 5.41 Å². The Morgan fingerprint density at radius 2 is 2.00 bits per heavy atom. The summed E-state index contributed by atoms with van der Waals surface area (Å²) >= 11 is 0. The van der Waals surface area contributed by atoms with Crippen LogP contribution in [0.1, 0.15) is 43.5 Å². The van der Waals surface area contributed by atoms with E-state index in [1.807, 2.05) is 17.0 Å². The third kappa shape index (κ3) is 4.52. The third-order valence-electron chi connectivity index (χ3n) is 4.91. The summed E-state index contributed by atoms with van der Waals surface area (Å²) in [6, 6.07) is 3.97. The Hall–Kier alpha value is -1.04. The summed E-state index contributed by atoms with van der Waals surface area (Å²) in [5.41, 5.74) is 1.13. The van der Waals surface area contributed by atoms with Crippen molar-refractivity contribution in [3.63, 3.8) is 0 Å². The Balaban J connectivity index is 0.00000144. The van der Waals surface area contributed by atoms with Crippen molar-refractivity contribution in [1.82, 2.24) is 15.2 Å². The molecule has 1 spiro atoms. The van der Waals surface area contributed by atoms with Crippen LogP contribution in [0.25, 0.3) is 0 Å². The Labute approximate surface area is 156 Å². The van der Waals surface area contributed by atoms with Gasteiger partial charge in [-0.3, -0.25) is 4.79 Å². The second kappa shape index (κ2) is 8.88. The molecule has 2 N–H and O–H groups in total. The molecule has 7 heteroatoms. The van der Waals surface area contributed by atoms with Crippen LogP contribution in [0.4, 0.5) is 5.82 Å². The first-order valence-corrected chi connectivity index (χ1v) is 8.31. The molecule has 136 valence electrons. The molecule has 0 aliphatic carbocycles. The minimum atomic E-state index is 0. The van der Waals surface area contributed by atoms with Gasteiger partial charge in [0.25, 0.3) is 5.91 Å². The number of likely N-dealkylation sites (tertiary alicyclic amines) is 1. The molecule has 24 heavy (non-hydrogen) atoms. The summed E-state index contributed by atoms with van der Waals surface area (Å²) in [6.07, 6.45) is 5.21. The lowest BCUT2D eigenvalue weighted by Crippen LogP contribution is -2.44. The molecule has 2 fully saturated rings. The van der Waals surface area contributed by atoms with Crippen molar-refractivity contribution in [1.29, 1.82) is 0 Å². The van der Waals surface area contributed by atoms with Crippen LogP contribution in [0.3, 0.4) is 0 Å². The fourth-order valence-electron chi connectivity index (χ4n) is 3.54. The van der Waals surface area contributed by atoms with Gasteiger partial charge in [-0.25, -0.2) is 4.98 Å². The Morgan fingerprint density at radius 3 is 2.58 bits per heavy atom.